The van der Waals surface area contributed by atoms with E-state index in [0.717, 1.165) is 18.4 Å². The van der Waals surface area contributed by atoms with Gasteiger partial charge in [0.05, 0.1) is 6.10 Å². The van der Waals surface area contributed by atoms with Gasteiger partial charge in [0, 0.05) is 12.0 Å². The fourth-order valence-electron chi connectivity index (χ4n) is 3.55. The summed E-state index contributed by atoms with van der Waals surface area (Å²) < 4.78 is 7.04. The van der Waals surface area contributed by atoms with E-state index in [0.29, 0.717) is 12.2 Å². The highest BCUT2D eigenvalue weighted by atomic mass is 16.5. The van der Waals surface area contributed by atoms with Crippen LogP contribution in [-0.4, -0.2) is 26.8 Å². The topological polar surface area (TPSA) is 57.0 Å². The fraction of sp³-hybridized carbons (Fsp3) is 0.640. The van der Waals surface area contributed by atoms with Crippen molar-refractivity contribution in [2.24, 2.45) is 0 Å². The molecular weight excluding hydrogens is 374 g/mol. The second kappa shape index (κ2) is 13.9. The predicted molar refractivity (Wildman–Crippen MR) is 123 cm³/mol. The van der Waals surface area contributed by atoms with E-state index >= 15 is 0 Å². The van der Waals surface area contributed by atoms with E-state index in [1.807, 2.05) is 44.2 Å². The molecule has 2 aromatic rings. The molecule has 0 spiro atoms. The molecule has 0 amide bonds. The van der Waals surface area contributed by atoms with Gasteiger partial charge in [-0.2, -0.15) is 9.67 Å². The van der Waals surface area contributed by atoms with E-state index < -0.39 is 0 Å². The molecule has 0 saturated carbocycles. The number of benzene rings is 1. The van der Waals surface area contributed by atoms with Gasteiger partial charge in [0.25, 0.3) is 0 Å². The molecule has 30 heavy (non-hydrogen) atoms. The van der Waals surface area contributed by atoms with E-state index in [-0.39, 0.29) is 18.0 Å². The number of rotatable bonds is 15. The zero-order valence-corrected chi connectivity index (χ0v) is 19.1. The molecule has 0 aliphatic carbocycles. The summed E-state index contributed by atoms with van der Waals surface area (Å²) in [6.45, 7) is 6.11. The van der Waals surface area contributed by atoms with Crippen molar-refractivity contribution >= 4 is 5.91 Å². The molecule has 2 rings (SSSR count). The Morgan fingerprint density at radius 2 is 1.47 bits per heavy atom. The average molecular weight is 414 g/mol. The molecule has 0 unspecified atom stereocenters. The minimum Gasteiger partial charge on any atom is -0.460 e. The zero-order chi connectivity index (χ0) is 21.6. The molecule has 0 saturated heterocycles. The van der Waals surface area contributed by atoms with E-state index in [4.69, 9.17) is 4.74 Å². The Morgan fingerprint density at radius 3 is 2.03 bits per heavy atom. The summed E-state index contributed by atoms with van der Waals surface area (Å²) in [7, 11) is 0. The minimum absolute atomic E-state index is 0.0177. The predicted octanol–water partition coefficient (Wildman–Crippen LogP) is 7.07. The maximum atomic E-state index is 12.8. The van der Waals surface area contributed by atoms with Gasteiger partial charge in [-0.1, -0.05) is 101 Å². The normalized spacial score (nSPS) is 11.2. The van der Waals surface area contributed by atoms with Crippen LogP contribution in [-0.2, 0) is 0 Å². The van der Waals surface area contributed by atoms with Gasteiger partial charge in [-0.25, -0.2) is 0 Å². The third kappa shape index (κ3) is 8.68. The quantitative estimate of drug-likeness (QED) is 0.293. The van der Waals surface area contributed by atoms with Crippen molar-refractivity contribution in [1.29, 1.82) is 0 Å². The number of carbonyl (C=O) groups is 1. The summed E-state index contributed by atoms with van der Waals surface area (Å²) in [5.74, 6) is 0.537. The highest BCUT2D eigenvalue weighted by Crippen LogP contribution is 2.21. The van der Waals surface area contributed by atoms with Gasteiger partial charge in [-0.15, -0.1) is 5.10 Å². The number of hydrogen-bond acceptors (Lipinski definition) is 4. The molecular formula is C25H39N3O2. The van der Waals surface area contributed by atoms with Crippen molar-refractivity contribution in [2.75, 3.05) is 0 Å². The van der Waals surface area contributed by atoms with Gasteiger partial charge in [-0.3, -0.25) is 4.79 Å². The average Bonchev–Trinajstić information content (AvgIpc) is 3.15. The zero-order valence-electron chi connectivity index (χ0n) is 19.1. The maximum absolute atomic E-state index is 12.8. The van der Waals surface area contributed by atoms with Crippen molar-refractivity contribution < 1.29 is 9.53 Å². The second-order valence-corrected chi connectivity index (χ2v) is 8.34. The summed E-state index contributed by atoms with van der Waals surface area (Å²) in [6.07, 6.45) is 14.4. The SMILES string of the molecule is CCCCCCCCCCCCCC(=O)n1nc(OC(C)C)nc1-c1ccccc1. The maximum Gasteiger partial charge on any atom is 0.336 e. The minimum atomic E-state index is -0.0359. The van der Waals surface area contributed by atoms with Gasteiger partial charge < -0.3 is 4.74 Å². The van der Waals surface area contributed by atoms with E-state index in [1.54, 1.807) is 0 Å². The third-order valence-corrected chi connectivity index (χ3v) is 5.19. The van der Waals surface area contributed by atoms with Crippen LogP contribution in [0.1, 0.15) is 103 Å². The lowest BCUT2D eigenvalue weighted by Crippen LogP contribution is -2.14. The molecule has 166 valence electrons. The monoisotopic (exact) mass is 413 g/mol. The van der Waals surface area contributed by atoms with Crippen molar-refractivity contribution in [3.05, 3.63) is 30.3 Å². The van der Waals surface area contributed by atoms with Crippen LogP contribution in [0.5, 0.6) is 6.01 Å². The number of nitrogens with zero attached hydrogens (tertiary/aromatic N) is 3. The van der Waals surface area contributed by atoms with Crippen LogP contribution in [0.2, 0.25) is 0 Å². The number of hydrogen-bond donors (Lipinski definition) is 0. The highest BCUT2D eigenvalue weighted by Gasteiger charge is 2.18. The van der Waals surface area contributed by atoms with Crippen LogP contribution in [0.3, 0.4) is 0 Å². The summed E-state index contributed by atoms with van der Waals surface area (Å²) in [5, 5.41) is 4.33. The number of carbonyl (C=O) groups excluding carboxylic acids is 1. The Balaban J connectivity index is 1.76. The van der Waals surface area contributed by atoms with Crippen molar-refractivity contribution in [3.63, 3.8) is 0 Å². The lowest BCUT2D eigenvalue weighted by atomic mass is 10.1. The third-order valence-electron chi connectivity index (χ3n) is 5.19. The largest absolute Gasteiger partial charge is 0.460 e. The Hall–Kier alpha value is -2.17. The Labute approximate surface area is 182 Å². The van der Waals surface area contributed by atoms with Gasteiger partial charge in [0.2, 0.25) is 5.91 Å². The van der Waals surface area contributed by atoms with Crippen LogP contribution in [0.15, 0.2) is 30.3 Å². The van der Waals surface area contributed by atoms with Gasteiger partial charge in [-0.05, 0) is 20.3 Å². The molecule has 0 radical (unpaired) electrons. The molecule has 0 atom stereocenters. The van der Waals surface area contributed by atoms with E-state index in [9.17, 15) is 4.79 Å². The molecule has 0 bridgehead atoms. The van der Waals surface area contributed by atoms with Crippen molar-refractivity contribution in [3.8, 4) is 17.4 Å². The van der Waals surface area contributed by atoms with Gasteiger partial charge >= 0.3 is 6.01 Å². The smallest absolute Gasteiger partial charge is 0.336 e. The fourth-order valence-corrected chi connectivity index (χ4v) is 3.55. The molecule has 0 N–H and O–H groups in total. The standard InChI is InChI=1S/C25H39N3O2/c1-4-5-6-7-8-9-10-11-12-13-17-20-23(29)28-24(22-18-15-14-16-19-22)26-25(27-28)30-21(2)3/h14-16,18-19,21H,4-13,17,20H2,1-3H3. The molecule has 0 aliphatic heterocycles. The summed E-state index contributed by atoms with van der Waals surface area (Å²) in [4.78, 5) is 17.3. The van der Waals surface area contributed by atoms with Crippen LogP contribution in [0.25, 0.3) is 11.4 Å². The number of unbranched alkanes of at least 4 members (excludes halogenated alkanes) is 10. The number of ether oxygens (including phenoxy) is 1. The lowest BCUT2D eigenvalue weighted by molar-refractivity contribution is 0.0881. The number of aromatic nitrogens is 3. The summed E-state index contributed by atoms with van der Waals surface area (Å²) >= 11 is 0. The van der Waals surface area contributed by atoms with E-state index in [2.05, 4.69) is 17.0 Å². The lowest BCUT2D eigenvalue weighted by Gasteiger charge is -2.05. The van der Waals surface area contributed by atoms with Crippen molar-refractivity contribution in [1.82, 2.24) is 14.8 Å². The highest BCUT2D eigenvalue weighted by molar-refractivity contribution is 5.82. The Bertz CT molecular complexity index is 725. The molecule has 1 aromatic heterocycles. The molecule has 0 fully saturated rings. The summed E-state index contributed by atoms with van der Waals surface area (Å²) in [6, 6.07) is 9.96. The summed E-state index contributed by atoms with van der Waals surface area (Å²) in [5.41, 5.74) is 0.871. The molecule has 1 heterocycles. The molecule has 1 aromatic carbocycles. The van der Waals surface area contributed by atoms with Crippen LogP contribution >= 0.6 is 0 Å². The Morgan fingerprint density at radius 1 is 0.900 bits per heavy atom. The van der Waals surface area contributed by atoms with Crippen LogP contribution in [0.4, 0.5) is 0 Å². The van der Waals surface area contributed by atoms with Crippen LogP contribution < -0.4 is 4.74 Å². The van der Waals surface area contributed by atoms with Gasteiger partial charge in [0.15, 0.2) is 5.82 Å². The van der Waals surface area contributed by atoms with E-state index in [1.165, 1.54) is 62.5 Å². The first kappa shape index (κ1) is 24.1. The van der Waals surface area contributed by atoms with Gasteiger partial charge in [0.1, 0.15) is 0 Å². The molecule has 0 aliphatic rings. The van der Waals surface area contributed by atoms with Crippen LogP contribution in [0, 0.1) is 0 Å². The first-order valence-corrected chi connectivity index (χ1v) is 11.8. The molecule has 5 heteroatoms. The second-order valence-electron chi connectivity index (χ2n) is 8.34. The first-order valence-electron chi connectivity index (χ1n) is 11.8. The molecule has 5 nitrogen and oxygen atoms in total. The Kier molecular flexibility index (Phi) is 11.2. The first-order chi connectivity index (χ1) is 14.6. The van der Waals surface area contributed by atoms with Crippen molar-refractivity contribution in [2.45, 2.75) is 104 Å².